The number of carbonyl (C=O) groups is 1. The summed E-state index contributed by atoms with van der Waals surface area (Å²) in [5, 5.41) is 6.74. The Morgan fingerprint density at radius 3 is 2.86 bits per heavy atom. The van der Waals surface area contributed by atoms with Crippen molar-refractivity contribution in [3.05, 3.63) is 29.3 Å². The number of rotatable bonds is 8. The number of fused-ring (bicyclic) bond motifs is 1. The molecule has 0 bridgehead atoms. The Bertz CT molecular complexity index is 497. The van der Waals surface area contributed by atoms with Crippen molar-refractivity contribution in [3.8, 4) is 0 Å². The molecule has 1 heterocycles. The molecule has 1 atom stereocenters. The van der Waals surface area contributed by atoms with Crippen molar-refractivity contribution < 1.29 is 4.79 Å². The molecule has 2 rings (SSSR count). The quantitative estimate of drug-likeness (QED) is 0.725. The van der Waals surface area contributed by atoms with Gasteiger partial charge in [-0.15, -0.1) is 0 Å². The zero-order chi connectivity index (χ0) is 15.9. The Balaban J connectivity index is 1.90. The number of hydrogen-bond acceptors (Lipinski definition) is 4. The fourth-order valence-electron chi connectivity index (χ4n) is 2.95. The second kappa shape index (κ2) is 8.30. The maximum absolute atomic E-state index is 12.5. The highest BCUT2D eigenvalue weighted by Crippen LogP contribution is 2.23. The van der Waals surface area contributed by atoms with E-state index in [4.69, 9.17) is 0 Å². The highest BCUT2D eigenvalue weighted by molar-refractivity contribution is 6.00. The highest BCUT2D eigenvalue weighted by atomic mass is 16.1. The summed E-state index contributed by atoms with van der Waals surface area (Å²) in [6.45, 7) is 11.3. The minimum absolute atomic E-state index is 0.134. The van der Waals surface area contributed by atoms with E-state index in [1.807, 2.05) is 19.1 Å². The largest absolute Gasteiger partial charge is 0.385 e. The molecule has 0 saturated carbocycles. The van der Waals surface area contributed by atoms with Crippen LogP contribution in [0.15, 0.2) is 18.2 Å². The van der Waals surface area contributed by atoms with Gasteiger partial charge in [0.05, 0.1) is 6.04 Å². The molecule has 0 aliphatic carbocycles. The molecule has 22 heavy (non-hydrogen) atoms. The molecule has 1 aliphatic heterocycles. The van der Waals surface area contributed by atoms with Crippen molar-refractivity contribution in [1.82, 2.24) is 10.2 Å². The van der Waals surface area contributed by atoms with E-state index >= 15 is 0 Å². The summed E-state index contributed by atoms with van der Waals surface area (Å²) in [5.74, 6) is 0.188. The first-order valence-electron chi connectivity index (χ1n) is 8.52. The zero-order valence-electron chi connectivity index (χ0n) is 14.1. The van der Waals surface area contributed by atoms with E-state index in [0.717, 1.165) is 51.1 Å². The Morgan fingerprint density at radius 2 is 2.14 bits per heavy atom. The van der Waals surface area contributed by atoms with Crippen LogP contribution >= 0.6 is 0 Å². The lowest BCUT2D eigenvalue weighted by molar-refractivity contribution is 0.0949. The lowest BCUT2D eigenvalue weighted by atomic mass is 9.97. The lowest BCUT2D eigenvalue weighted by Gasteiger charge is -2.21. The summed E-state index contributed by atoms with van der Waals surface area (Å²) in [6.07, 6.45) is 2.20. The summed E-state index contributed by atoms with van der Waals surface area (Å²) in [7, 11) is 0. The third-order valence-electron chi connectivity index (χ3n) is 4.49. The monoisotopic (exact) mass is 303 g/mol. The average molecular weight is 303 g/mol. The number of nitrogens with one attached hydrogen (secondary N) is 2. The molecule has 0 spiro atoms. The van der Waals surface area contributed by atoms with Crippen molar-refractivity contribution in [1.29, 1.82) is 0 Å². The Kier molecular flexibility index (Phi) is 6.40. The van der Waals surface area contributed by atoms with Crippen LogP contribution in [-0.2, 0) is 6.42 Å². The van der Waals surface area contributed by atoms with Crippen molar-refractivity contribution in [2.24, 2.45) is 0 Å². The van der Waals surface area contributed by atoms with Gasteiger partial charge >= 0.3 is 0 Å². The van der Waals surface area contributed by atoms with Crippen molar-refractivity contribution >= 4 is 11.5 Å². The number of likely N-dealkylation sites (N-methyl/N-ethyl adjacent to an activating group) is 1. The number of ketones is 1. The van der Waals surface area contributed by atoms with Crippen LogP contribution in [0.25, 0.3) is 0 Å². The van der Waals surface area contributed by atoms with Gasteiger partial charge in [-0.05, 0) is 56.6 Å². The van der Waals surface area contributed by atoms with Gasteiger partial charge in [-0.1, -0.05) is 13.8 Å². The molecule has 4 heteroatoms. The van der Waals surface area contributed by atoms with Crippen LogP contribution in [0.3, 0.4) is 0 Å². The first kappa shape index (κ1) is 17.0. The van der Waals surface area contributed by atoms with Gasteiger partial charge in [-0.2, -0.15) is 0 Å². The van der Waals surface area contributed by atoms with Crippen molar-refractivity contribution in [2.75, 3.05) is 38.0 Å². The molecular formula is C18H29N3O. The topological polar surface area (TPSA) is 44.4 Å². The minimum Gasteiger partial charge on any atom is -0.385 e. The van der Waals surface area contributed by atoms with Crippen LogP contribution in [0.4, 0.5) is 5.69 Å². The number of anilines is 1. The van der Waals surface area contributed by atoms with Crippen LogP contribution in [0, 0.1) is 0 Å². The van der Waals surface area contributed by atoms with Crippen molar-refractivity contribution in [3.63, 3.8) is 0 Å². The molecule has 1 aromatic rings. The lowest BCUT2D eigenvalue weighted by Crippen LogP contribution is -2.39. The van der Waals surface area contributed by atoms with Gasteiger partial charge in [-0.3, -0.25) is 4.79 Å². The molecule has 0 fully saturated rings. The normalized spacial score (nSPS) is 15.3. The second-order valence-electron chi connectivity index (χ2n) is 5.97. The summed E-state index contributed by atoms with van der Waals surface area (Å²) in [5.41, 5.74) is 3.28. The number of carbonyl (C=O) groups excluding carboxylic acids is 1. The van der Waals surface area contributed by atoms with Gasteiger partial charge in [0.25, 0.3) is 0 Å². The standard InChI is InChI=1S/C18H29N3O/c1-4-21(5-2)12-11-19-14(3)18(22)16-8-9-17-15(13-16)7-6-10-20-17/h8-9,13-14,19-20H,4-7,10-12H2,1-3H3. The van der Waals surface area contributed by atoms with Gasteiger partial charge in [0.15, 0.2) is 5.78 Å². The molecule has 0 saturated heterocycles. The summed E-state index contributed by atoms with van der Waals surface area (Å²) >= 11 is 0. The molecule has 1 aromatic carbocycles. The summed E-state index contributed by atoms with van der Waals surface area (Å²) in [4.78, 5) is 14.9. The molecule has 1 aliphatic rings. The first-order chi connectivity index (χ1) is 10.7. The minimum atomic E-state index is -0.134. The van der Waals surface area contributed by atoms with Crippen LogP contribution in [0.2, 0.25) is 0 Å². The molecule has 0 aromatic heterocycles. The maximum atomic E-state index is 12.5. The predicted octanol–water partition coefficient (Wildman–Crippen LogP) is 2.55. The van der Waals surface area contributed by atoms with Crippen molar-refractivity contribution in [2.45, 2.75) is 39.7 Å². The molecule has 0 amide bonds. The summed E-state index contributed by atoms with van der Waals surface area (Å²) < 4.78 is 0. The Morgan fingerprint density at radius 1 is 1.36 bits per heavy atom. The smallest absolute Gasteiger partial charge is 0.179 e. The number of nitrogens with zero attached hydrogens (tertiary/aromatic N) is 1. The number of aryl methyl sites for hydroxylation is 1. The fraction of sp³-hybridized carbons (Fsp3) is 0.611. The van der Waals surface area contributed by atoms with E-state index in [-0.39, 0.29) is 11.8 Å². The Hall–Kier alpha value is -1.39. The molecule has 1 unspecified atom stereocenters. The third kappa shape index (κ3) is 4.31. The fourth-order valence-corrected chi connectivity index (χ4v) is 2.95. The predicted molar refractivity (Wildman–Crippen MR) is 92.8 cm³/mol. The molecule has 2 N–H and O–H groups in total. The Labute approximate surface area is 134 Å². The number of benzene rings is 1. The van der Waals surface area contributed by atoms with E-state index in [1.54, 1.807) is 0 Å². The van der Waals surface area contributed by atoms with Crippen LogP contribution in [0.1, 0.15) is 43.1 Å². The zero-order valence-corrected chi connectivity index (χ0v) is 14.1. The van der Waals surface area contributed by atoms with E-state index in [0.29, 0.717) is 0 Å². The van der Waals surface area contributed by atoms with Gasteiger partial charge in [-0.25, -0.2) is 0 Å². The second-order valence-corrected chi connectivity index (χ2v) is 5.97. The molecular weight excluding hydrogens is 274 g/mol. The van der Waals surface area contributed by atoms with Gasteiger partial charge in [0.1, 0.15) is 0 Å². The SMILES string of the molecule is CCN(CC)CCNC(C)C(=O)c1ccc2c(c1)CCCN2. The van der Waals surface area contributed by atoms with E-state index < -0.39 is 0 Å². The van der Waals surface area contributed by atoms with Crippen LogP contribution in [-0.4, -0.2) is 49.4 Å². The van der Waals surface area contributed by atoms with E-state index in [2.05, 4.69) is 35.4 Å². The van der Waals surface area contributed by atoms with Gasteiger partial charge in [0, 0.05) is 30.9 Å². The van der Waals surface area contributed by atoms with E-state index in [9.17, 15) is 4.79 Å². The average Bonchev–Trinajstić information content (AvgIpc) is 2.57. The summed E-state index contributed by atoms with van der Waals surface area (Å²) in [6, 6.07) is 5.92. The van der Waals surface area contributed by atoms with Crippen LogP contribution in [0.5, 0.6) is 0 Å². The molecule has 4 nitrogen and oxygen atoms in total. The molecule has 0 radical (unpaired) electrons. The highest BCUT2D eigenvalue weighted by Gasteiger charge is 2.17. The van der Waals surface area contributed by atoms with E-state index in [1.165, 1.54) is 11.3 Å². The first-order valence-corrected chi connectivity index (χ1v) is 8.52. The third-order valence-corrected chi connectivity index (χ3v) is 4.49. The molecule has 122 valence electrons. The van der Waals surface area contributed by atoms with Gasteiger partial charge < -0.3 is 15.5 Å². The maximum Gasteiger partial charge on any atom is 0.179 e. The number of Topliss-reactive ketones (excluding diaryl/α,β-unsaturated/α-hetero) is 1. The van der Waals surface area contributed by atoms with Crippen LogP contribution < -0.4 is 10.6 Å². The van der Waals surface area contributed by atoms with Gasteiger partial charge in [0.2, 0.25) is 0 Å². The number of hydrogen-bond donors (Lipinski definition) is 2.